The van der Waals surface area contributed by atoms with E-state index in [0.717, 1.165) is 18.6 Å². The van der Waals surface area contributed by atoms with Crippen molar-refractivity contribution in [3.8, 4) is 0 Å². The molecular formula is C14H18BrF2NO2. The lowest BCUT2D eigenvalue weighted by molar-refractivity contribution is 0.0754. The van der Waals surface area contributed by atoms with E-state index in [1.807, 2.05) is 13.8 Å². The second kappa shape index (κ2) is 8.32. The quantitative estimate of drug-likeness (QED) is 0.763. The van der Waals surface area contributed by atoms with Crippen molar-refractivity contribution in [2.75, 3.05) is 13.2 Å². The predicted molar refractivity (Wildman–Crippen MR) is 76.7 cm³/mol. The van der Waals surface area contributed by atoms with E-state index in [1.54, 1.807) is 0 Å². The summed E-state index contributed by atoms with van der Waals surface area (Å²) in [6.07, 6.45) is 1.65. The van der Waals surface area contributed by atoms with Gasteiger partial charge < -0.3 is 10.1 Å². The molecule has 0 radical (unpaired) electrons. The van der Waals surface area contributed by atoms with Gasteiger partial charge in [0.2, 0.25) is 0 Å². The fourth-order valence-corrected chi connectivity index (χ4v) is 2.00. The van der Waals surface area contributed by atoms with Gasteiger partial charge in [-0.05, 0) is 38.8 Å². The summed E-state index contributed by atoms with van der Waals surface area (Å²) in [4.78, 5) is 11.7. The van der Waals surface area contributed by atoms with E-state index in [-0.39, 0.29) is 10.6 Å². The number of carbonyl (C=O) groups is 1. The number of halogens is 3. The average Bonchev–Trinajstić information content (AvgIpc) is 2.31. The van der Waals surface area contributed by atoms with E-state index in [0.29, 0.717) is 19.6 Å². The third kappa shape index (κ3) is 5.54. The lowest BCUT2D eigenvalue weighted by Crippen LogP contribution is -2.26. The number of benzene rings is 1. The van der Waals surface area contributed by atoms with Crippen molar-refractivity contribution < 1.29 is 18.3 Å². The standard InChI is InChI=1S/C14H18BrF2NO2/c1-9(2)20-6-4-3-5-18-14(19)13-11(16)7-10(15)8-12(13)17/h7-9H,3-6H2,1-2H3,(H,18,19). The van der Waals surface area contributed by atoms with Gasteiger partial charge in [-0.3, -0.25) is 4.79 Å². The first-order valence-corrected chi connectivity index (χ1v) is 7.25. The first-order valence-electron chi connectivity index (χ1n) is 6.46. The van der Waals surface area contributed by atoms with Crippen LogP contribution in [0, 0.1) is 11.6 Å². The molecule has 6 heteroatoms. The molecule has 0 unspecified atom stereocenters. The molecule has 0 fully saturated rings. The second-order valence-electron chi connectivity index (χ2n) is 4.63. The summed E-state index contributed by atoms with van der Waals surface area (Å²) >= 11 is 2.96. The van der Waals surface area contributed by atoms with Gasteiger partial charge in [0.25, 0.3) is 5.91 Å². The highest BCUT2D eigenvalue weighted by Gasteiger charge is 2.17. The summed E-state index contributed by atoms with van der Waals surface area (Å²) < 4.78 is 32.7. The zero-order valence-corrected chi connectivity index (χ0v) is 13.1. The Bertz CT molecular complexity index is 443. The third-order valence-electron chi connectivity index (χ3n) is 2.54. The maximum absolute atomic E-state index is 13.5. The number of hydrogen-bond acceptors (Lipinski definition) is 2. The van der Waals surface area contributed by atoms with Gasteiger partial charge in [0.15, 0.2) is 0 Å². The van der Waals surface area contributed by atoms with Crippen LogP contribution in [0.25, 0.3) is 0 Å². The largest absolute Gasteiger partial charge is 0.379 e. The maximum atomic E-state index is 13.5. The van der Waals surface area contributed by atoms with Gasteiger partial charge in [0.05, 0.1) is 6.10 Å². The monoisotopic (exact) mass is 349 g/mol. The number of amides is 1. The van der Waals surface area contributed by atoms with Gasteiger partial charge in [-0.2, -0.15) is 0 Å². The molecule has 1 aromatic carbocycles. The molecule has 0 saturated carbocycles. The molecule has 0 aliphatic rings. The van der Waals surface area contributed by atoms with Crippen LogP contribution in [0.5, 0.6) is 0 Å². The number of rotatable bonds is 7. The lowest BCUT2D eigenvalue weighted by Gasteiger charge is -2.09. The number of ether oxygens (including phenoxy) is 1. The Kier molecular flexibility index (Phi) is 7.09. The van der Waals surface area contributed by atoms with Crippen molar-refractivity contribution in [1.82, 2.24) is 5.32 Å². The minimum atomic E-state index is -0.877. The molecule has 112 valence electrons. The minimum absolute atomic E-state index is 0.176. The van der Waals surface area contributed by atoms with Gasteiger partial charge in [-0.1, -0.05) is 15.9 Å². The highest BCUT2D eigenvalue weighted by Crippen LogP contribution is 2.19. The molecule has 0 aromatic heterocycles. The van der Waals surface area contributed by atoms with Gasteiger partial charge in [-0.25, -0.2) is 8.78 Å². The van der Waals surface area contributed by atoms with Crippen molar-refractivity contribution in [2.45, 2.75) is 32.8 Å². The van der Waals surface area contributed by atoms with Gasteiger partial charge in [0, 0.05) is 17.6 Å². The van der Waals surface area contributed by atoms with E-state index in [2.05, 4.69) is 21.2 Å². The van der Waals surface area contributed by atoms with E-state index in [1.165, 1.54) is 0 Å². The lowest BCUT2D eigenvalue weighted by atomic mass is 10.2. The Morgan fingerprint density at radius 2 is 1.90 bits per heavy atom. The zero-order chi connectivity index (χ0) is 15.1. The number of unbranched alkanes of at least 4 members (excludes halogenated alkanes) is 1. The first-order chi connectivity index (χ1) is 9.41. The van der Waals surface area contributed by atoms with Crippen LogP contribution in [-0.2, 0) is 4.74 Å². The van der Waals surface area contributed by atoms with Crippen LogP contribution in [0.15, 0.2) is 16.6 Å². The van der Waals surface area contributed by atoms with Gasteiger partial charge >= 0.3 is 0 Å². The number of carbonyl (C=O) groups excluding carboxylic acids is 1. The molecule has 1 rings (SSSR count). The summed E-state index contributed by atoms with van der Waals surface area (Å²) in [6, 6.07) is 2.13. The molecule has 0 atom stereocenters. The van der Waals surface area contributed by atoms with Crippen molar-refractivity contribution in [3.63, 3.8) is 0 Å². The number of hydrogen-bond donors (Lipinski definition) is 1. The topological polar surface area (TPSA) is 38.3 Å². The predicted octanol–water partition coefficient (Wildman–Crippen LogP) is 3.66. The van der Waals surface area contributed by atoms with Crippen molar-refractivity contribution >= 4 is 21.8 Å². The highest BCUT2D eigenvalue weighted by atomic mass is 79.9. The maximum Gasteiger partial charge on any atom is 0.257 e. The van der Waals surface area contributed by atoms with Crippen LogP contribution in [0.3, 0.4) is 0 Å². The SMILES string of the molecule is CC(C)OCCCCNC(=O)c1c(F)cc(Br)cc1F. The van der Waals surface area contributed by atoms with Crippen LogP contribution in [0.4, 0.5) is 8.78 Å². The molecule has 1 amide bonds. The smallest absolute Gasteiger partial charge is 0.257 e. The molecule has 1 N–H and O–H groups in total. The Morgan fingerprint density at radius 3 is 2.45 bits per heavy atom. The van der Waals surface area contributed by atoms with E-state index < -0.39 is 23.1 Å². The van der Waals surface area contributed by atoms with Gasteiger partial charge in [-0.15, -0.1) is 0 Å². The second-order valence-corrected chi connectivity index (χ2v) is 5.54. The van der Waals surface area contributed by atoms with Crippen LogP contribution in [0.1, 0.15) is 37.0 Å². The van der Waals surface area contributed by atoms with Crippen LogP contribution >= 0.6 is 15.9 Å². The summed E-state index contributed by atoms with van der Waals surface area (Å²) in [7, 11) is 0. The first kappa shape index (κ1) is 17.0. The minimum Gasteiger partial charge on any atom is -0.379 e. The van der Waals surface area contributed by atoms with Gasteiger partial charge in [0.1, 0.15) is 17.2 Å². The highest BCUT2D eigenvalue weighted by molar-refractivity contribution is 9.10. The van der Waals surface area contributed by atoms with Crippen LogP contribution in [-0.4, -0.2) is 25.2 Å². The Morgan fingerprint density at radius 1 is 1.30 bits per heavy atom. The molecule has 0 bridgehead atoms. The Balaban J connectivity index is 2.40. The molecule has 0 saturated heterocycles. The fourth-order valence-electron chi connectivity index (χ4n) is 1.60. The van der Waals surface area contributed by atoms with Crippen molar-refractivity contribution in [2.24, 2.45) is 0 Å². The normalized spacial score (nSPS) is 10.9. The van der Waals surface area contributed by atoms with E-state index in [9.17, 15) is 13.6 Å². The summed E-state index contributed by atoms with van der Waals surface area (Å²) in [5.74, 6) is -2.49. The van der Waals surface area contributed by atoms with Crippen LogP contribution < -0.4 is 5.32 Å². The molecule has 1 aromatic rings. The Labute approximate surface area is 125 Å². The summed E-state index contributed by atoms with van der Waals surface area (Å²) in [6.45, 7) is 4.85. The molecule has 0 heterocycles. The fraction of sp³-hybridized carbons (Fsp3) is 0.500. The summed E-state index contributed by atoms with van der Waals surface area (Å²) in [5, 5.41) is 2.50. The zero-order valence-electron chi connectivity index (χ0n) is 11.5. The molecule has 0 aliphatic heterocycles. The number of nitrogens with one attached hydrogen (secondary N) is 1. The molecule has 3 nitrogen and oxygen atoms in total. The Hall–Kier alpha value is -1.01. The molecule has 0 spiro atoms. The van der Waals surface area contributed by atoms with E-state index >= 15 is 0 Å². The van der Waals surface area contributed by atoms with E-state index in [4.69, 9.17) is 4.74 Å². The third-order valence-corrected chi connectivity index (χ3v) is 3.00. The molecule has 20 heavy (non-hydrogen) atoms. The average molecular weight is 350 g/mol. The molecular weight excluding hydrogens is 332 g/mol. The van der Waals surface area contributed by atoms with Crippen molar-refractivity contribution in [1.29, 1.82) is 0 Å². The van der Waals surface area contributed by atoms with Crippen molar-refractivity contribution in [3.05, 3.63) is 33.8 Å². The van der Waals surface area contributed by atoms with Crippen LogP contribution in [0.2, 0.25) is 0 Å². The summed E-state index contributed by atoms with van der Waals surface area (Å²) in [5.41, 5.74) is -0.549. The molecule has 0 aliphatic carbocycles.